The van der Waals surface area contributed by atoms with E-state index < -0.39 is 12.5 Å². The maximum absolute atomic E-state index is 12.4. The second kappa shape index (κ2) is 8.17. The Balaban J connectivity index is 2.11. The molecule has 8 heteroatoms. The average molecular weight is 376 g/mol. The van der Waals surface area contributed by atoms with E-state index >= 15 is 0 Å². The zero-order chi connectivity index (χ0) is 17.7. The minimum Gasteiger partial charge on any atom is -0.493 e. The van der Waals surface area contributed by atoms with Crippen LogP contribution in [-0.2, 0) is 6.54 Å². The van der Waals surface area contributed by atoms with Gasteiger partial charge in [0.2, 0.25) is 0 Å². The van der Waals surface area contributed by atoms with E-state index in [1.54, 1.807) is 18.2 Å². The van der Waals surface area contributed by atoms with Crippen molar-refractivity contribution in [3.05, 3.63) is 57.6 Å². The van der Waals surface area contributed by atoms with E-state index in [1.165, 1.54) is 25.3 Å². The largest absolute Gasteiger partial charge is 0.493 e. The maximum Gasteiger partial charge on any atom is 0.387 e. The fourth-order valence-electron chi connectivity index (χ4n) is 1.95. The van der Waals surface area contributed by atoms with Crippen molar-refractivity contribution >= 4 is 29.1 Å². The molecule has 0 saturated heterocycles. The number of hydrogen-bond acceptors (Lipinski definition) is 3. The topological polar surface area (TPSA) is 47.6 Å². The van der Waals surface area contributed by atoms with Crippen LogP contribution in [0.5, 0.6) is 11.5 Å². The van der Waals surface area contributed by atoms with Crippen LogP contribution >= 0.6 is 23.2 Å². The molecule has 0 unspecified atom stereocenters. The molecular weight excluding hydrogens is 363 g/mol. The highest BCUT2D eigenvalue weighted by atomic mass is 35.5. The molecule has 0 aliphatic heterocycles. The average Bonchev–Trinajstić information content (AvgIpc) is 2.53. The molecule has 4 nitrogen and oxygen atoms in total. The lowest BCUT2D eigenvalue weighted by Gasteiger charge is -2.12. The van der Waals surface area contributed by atoms with Gasteiger partial charge >= 0.3 is 6.61 Å². The number of alkyl halides is 2. The molecule has 2 rings (SSSR count). The summed E-state index contributed by atoms with van der Waals surface area (Å²) in [7, 11) is 1.32. The third-order valence-corrected chi connectivity index (χ3v) is 3.68. The maximum atomic E-state index is 12.4. The van der Waals surface area contributed by atoms with E-state index in [-0.39, 0.29) is 23.6 Å². The highest BCUT2D eigenvalue weighted by Crippen LogP contribution is 2.29. The van der Waals surface area contributed by atoms with Crippen molar-refractivity contribution in [1.82, 2.24) is 5.32 Å². The quantitative estimate of drug-likeness (QED) is 0.806. The summed E-state index contributed by atoms with van der Waals surface area (Å²) in [5.41, 5.74) is 0.823. The Kier molecular flexibility index (Phi) is 6.23. The Morgan fingerprint density at radius 2 is 1.92 bits per heavy atom. The molecule has 0 aromatic heterocycles. The van der Waals surface area contributed by atoms with E-state index in [0.717, 1.165) is 0 Å². The summed E-state index contributed by atoms with van der Waals surface area (Å²) >= 11 is 11.8. The number of carbonyl (C=O) groups excluding carboxylic acids is 1. The van der Waals surface area contributed by atoms with Gasteiger partial charge in [0.25, 0.3) is 5.91 Å². The molecule has 1 amide bonds. The van der Waals surface area contributed by atoms with Gasteiger partial charge in [0, 0.05) is 22.2 Å². The van der Waals surface area contributed by atoms with Crippen molar-refractivity contribution in [3.8, 4) is 11.5 Å². The van der Waals surface area contributed by atoms with Gasteiger partial charge in [-0.05, 0) is 35.9 Å². The molecule has 128 valence electrons. The lowest BCUT2D eigenvalue weighted by molar-refractivity contribution is -0.0512. The number of rotatable bonds is 6. The van der Waals surface area contributed by atoms with Crippen LogP contribution in [0, 0.1) is 0 Å². The fraction of sp³-hybridized carbons (Fsp3) is 0.188. The first-order chi connectivity index (χ1) is 11.4. The number of halogens is 4. The Labute approximate surface area is 147 Å². The molecule has 1 N–H and O–H groups in total. The number of methoxy groups -OCH3 is 1. The molecule has 2 aromatic rings. The minimum atomic E-state index is -3.02. The Morgan fingerprint density at radius 3 is 2.54 bits per heavy atom. The molecule has 0 atom stereocenters. The van der Waals surface area contributed by atoms with Crippen molar-refractivity contribution in [3.63, 3.8) is 0 Å². The molecule has 0 bridgehead atoms. The summed E-state index contributed by atoms with van der Waals surface area (Å²) in [5.74, 6) is -0.583. The van der Waals surface area contributed by atoms with E-state index in [1.807, 2.05) is 0 Å². The number of hydrogen-bond donors (Lipinski definition) is 1. The van der Waals surface area contributed by atoms with Gasteiger partial charge in [0.1, 0.15) is 0 Å². The predicted molar refractivity (Wildman–Crippen MR) is 87.3 cm³/mol. The lowest BCUT2D eigenvalue weighted by Crippen LogP contribution is -2.23. The molecule has 2 aromatic carbocycles. The highest BCUT2D eigenvalue weighted by molar-refractivity contribution is 6.35. The van der Waals surface area contributed by atoms with Crippen LogP contribution in [0.3, 0.4) is 0 Å². The molecule has 0 aliphatic carbocycles. The number of ether oxygens (including phenoxy) is 2. The second-order valence-electron chi connectivity index (χ2n) is 4.66. The van der Waals surface area contributed by atoms with Crippen molar-refractivity contribution in [2.45, 2.75) is 13.2 Å². The predicted octanol–water partition coefficient (Wildman–Crippen LogP) is 4.53. The Morgan fingerprint density at radius 1 is 1.17 bits per heavy atom. The van der Waals surface area contributed by atoms with Crippen molar-refractivity contribution < 1.29 is 23.0 Å². The van der Waals surface area contributed by atoms with Gasteiger partial charge in [-0.2, -0.15) is 8.78 Å². The van der Waals surface area contributed by atoms with Crippen LogP contribution in [0.1, 0.15) is 15.9 Å². The fourth-order valence-corrected chi connectivity index (χ4v) is 2.42. The van der Waals surface area contributed by atoms with Crippen LogP contribution in [0.4, 0.5) is 8.78 Å². The van der Waals surface area contributed by atoms with Crippen molar-refractivity contribution in [2.75, 3.05) is 7.11 Å². The van der Waals surface area contributed by atoms with E-state index in [0.29, 0.717) is 15.6 Å². The Bertz CT molecular complexity index is 741. The third kappa shape index (κ3) is 4.72. The number of nitrogens with one attached hydrogen (secondary N) is 1. The van der Waals surface area contributed by atoms with Crippen LogP contribution in [-0.4, -0.2) is 19.6 Å². The van der Waals surface area contributed by atoms with Crippen molar-refractivity contribution in [1.29, 1.82) is 0 Å². The molecule has 0 heterocycles. The Hall–Kier alpha value is -2.05. The smallest absolute Gasteiger partial charge is 0.387 e. The summed E-state index contributed by atoms with van der Waals surface area (Å²) in [6, 6.07) is 8.90. The molecular formula is C16H13Cl2F2NO3. The van der Waals surface area contributed by atoms with Crippen LogP contribution in [0.2, 0.25) is 10.0 Å². The monoisotopic (exact) mass is 375 g/mol. The number of carbonyl (C=O) groups is 1. The van der Waals surface area contributed by atoms with E-state index in [9.17, 15) is 13.6 Å². The summed E-state index contributed by atoms with van der Waals surface area (Å²) in [6.45, 7) is -2.86. The van der Waals surface area contributed by atoms with Gasteiger partial charge in [-0.25, -0.2) is 0 Å². The van der Waals surface area contributed by atoms with Crippen LogP contribution in [0.15, 0.2) is 36.4 Å². The minimum absolute atomic E-state index is 0.104. The van der Waals surface area contributed by atoms with Crippen LogP contribution < -0.4 is 14.8 Å². The molecule has 0 radical (unpaired) electrons. The van der Waals surface area contributed by atoms with Gasteiger partial charge in [-0.3, -0.25) is 4.79 Å². The summed E-state index contributed by atoms with van der Waals surface area (Å²) in [5, 5.41) is 3.54. The lowest BCUT2D eigenvalue weighted by atomic mass is 10.1. The standard InChI is InChI=1S/C16H13Cl2F2NO3/c1-23-13-5-3-9(6-14(13)24-16(19)20)15(22)21-8-10-2-4-11(17)7-12(10)18/h2-7,16H,8H2,1H3,(H,21,22). The summed E-state index contributed by atoms with van der Waals surface area (Å²) < 4.78 is 34.1. The van der Waals surface area contributed by atoms with Gasteiger partial charge in [-0.1, -0.05) is 29.3 Å². The number of benzene rings is 2. The van der Waals surface area contributed by atoms with Gasteiger partial charge < -0.3 is 14.8 Å². The van der Waals surface area contributed by atoms with Crippen LogP contribution in [0.25, 0.3) is 0 Å². The second-order valence-corrected chi connectivity index (χ2v) is 5.51. The van der Waals surface area contributed by atoms with Gasteiger partial charge in [-0.15, -0.1) is 0 Å². The first kappa shape index (κ1) is 18.3. The zero-order valence-corrected chi connectivity index (χ0v) is 14.0. The number of amides is 1. The highest BCUT2D eigenvalue weighted by Gasteiger charge is 2.14. The van der Waals surface area contributed by atoms with Crippen molar-refractivity contribution in [2.24, 2.45) is 0 Å². The first-order valence-electron chi connectivity index (χ1n) is 6.75. The third-order valence-electron chi connectivity index (χ3n) is 3.10. The van der Waals surface area contributed by atoms with Gasteiger partial charge in [0.05, 0.1) is 7.11 Å². The van der Waals surface area contributed by atoms with E-state index in [4.69, 9.17) is 27.9 Å². The van der Waals surface area contributed by atoms with E-state index in [2.05, 4.69) is 10.1 Å². The molecule has 0 spiro atoms. The molecule has 0 fully saturated rings. The molecule has 0 aliphatic rings. The zero-order valence-electron chi connectivity index (χ0n) is 12.5. The molecule has 24 heavy (non-hydrogen) atoms. The first-order valence-corrected chi connectivity index (χ1v) is 7.51. The normalized spacial score (nSPS) is 10.6. The van der Waals surface area contributed by atoms with Gasteiger partial charge in [0.15, 0.2) is 11.5 Å². The summed E-state index contributed by atoms with van der Waals surface area (Å²) in [4.78, 5) is 12.2. The summed E-state index contributed by atoms with van der Waals surface area (Å²) in [6.07, 6.45) is 0. The SMILES string of the molecule is COc1ccc(C(=O)NCc2ccc(Cl)cc2Cl)cc1OC(F)F. The molecule has 0 saturated carbocycles.